The Morgan fingerprint density at radius 3 is 2.83 bits per heavy atom. The highest BCUT2D eigenvalue weighted by Gasteiger charge is 2.14. The highest BCUT2D eigenvalue weighted by Crippen LogP contribution is 2.17. The summed E-state index contributed by atoms with van der Waals surface area (Å²) in [6, 6.07) is 0.586. The topological polar surface area (TPSA) is 49.3 Å². The van der Waals surface area contributed by atoms with Crippen LogP contribution < -0.4 is 10.6 Å². The minimum absolute atomic E-state index is 0.586. The van der Waals surface area contributed by atoms with Crippen LogP contribution in [0.2, 0.25) is 0 Å². The molecule has 0 spiro atoms. The normalized spacial score (nSPS) is 17.8. The zero-order chi connectivity index (χ0) is 12.8. The van der Waals surface area contributed by atoms with Crippen molar-refractivity contribution in [1.29, 1.82) is 0 Å². The van der Waals surface area contributed by atoms with E-state index >= 15 is 0 Å². The lowest BCUT2D eigenvalue weighted by molar-refractivity contribution is 0.410. The number of aromatic nitrogens is 1. The largest absolute Gasteiger partial charge is 0.354 e. The average molecular weight is 266 g/mol. The number of hydrogen-bond acceptors (Lipinski definition) is 3. The van der Waals surface area contributed by atoms with Gasteiger partial charge in [0.2, 0.25) is 0 Å². The van der Waals surface area contributed by atoms with Crippen LogP contribution in [0.15, 0.2) is 10.4 Å². The molecule has 0 amide bonds. The molecule has 0 aromatic carbocycles. The minimum atomic E-state index is 0.586. The van der Waals surface area contributed by atoms with E-state index in [1.165, 1.54) is 32.1 Å². The number of nitrogens with zero attached hydrogens (tertiary/aromatic N) is 2. The van der Waals surface area contributed by atoms with Crippen molar-refractivity contribution >= 4 is 17.3 Å². The molecule has 0 bridgehead atoms. The molecule has 1 aromatic heterocycles. The lowest BCUT2D eigenvalue weighted by Gasteiger charge is -2.24. The first-order valence-corrected chi connectivity index (χ1v) is 7.54. The Hall–Kier alpha value is -1.10. The zero-order valence-corrected chi connectivity index (χ0v) is 12.0. The minimum Gasteiger partial charge on any atom is -0.354 e. The van der Waals surface area contributed by atoms with Crippen molar-refractivity contribution in [3.63, 3.8) is 0 Å². The number of rotatable bonds is 3. The molecule has 1 aliphatic rings. The van der Waals surface area contributed by atoms with Crippen LogP contribution in [-0.4, -0.2) is 24.0 Å². The van der Waals surface area contributed by atoms with Gasteiger partial charge in [-0.15, -0.1) is 11.3 Å². The van der Waals surface area contributed by atoms with Crippen LogP contribution in [0.5, 0.6) is 0 Å². The molecular formula is C13H22N4S. The number of aliphatic imine (C=N–C) groups is 1. The maximum Gasteiger partial charge on any atom is 0.191 e. The molecule has 1 aromatic rings. The third-order valence-electron chi connectivity index (χ3n) is 3.24. The molecule has 2 N–H and O–H groups in total. The molecule has 0 saturated heterocycles. The van der Waals surface area contributed by atoms with Gasteiger partial charge in [-0.05, 0) is 19.8 Å². The van der Waals surface area contributed by atoms with E-state index in [1.807, 2.05) is 14.0 Å². The van der Waals surface area contributed by atoms with Gasteiger partial charge in [-0.25, -0.2) is 4.98 Å². The Balaban J connectivity index is 1.78. The SMILES string of the molecule is CN=C(NCc1nc(C)cs1)NC1CCCCC1. The van der Waals surface area contributed by atoms with E-state index in [9.17, 15) is 0 Å². The molecule has 0 atom stereocenters. The lowest BCUT2D eigenvalue weighted by atomic mass is 9.96. The Kier molecular flexibility index (Phi) is 4.99. The fourth-order valence-corrected chi connectivity index (χ4v) is 2.99. The quantitative estimate of drug-likeness (QED) is 0.652. The van der Waals surface area contributed by atoms with Crippen LogP contribution in [0.3, 0.4) is 0 Å². The Morgan fingerprint density at radius 2 is 2.22 bits per heavy atom. The van der Waals surface area contributed by atoms with Crippen molar-refractivity contribution in [3.8, 4) is 0 Å². The fraction of sp³-hybridized carbons (Fsp3) is 0.692. The van der Waals surface area contributed by atoms with Crippen LogP contribution in [0.4, 0.5) is 0 Å². The summed E-state index contributed by atoms with van der Waals surface area (Å²) < 4.78 is 0. The predicted molar refractivity (Wildman–Crippen MR) is 77.1 cm³/mol. The van der Waals surface area contributed by atoms with Crippen molar-refractivity contribution in [2.75, 3.05) is 7.05 Å². The monoisotopic (exact) mass is 266 g/mol. The summed E-state index contributed by atoms with van der Waals surface area (Å²) >= 11 is 1.69. The molecule has 1 aliphatic carbocycles. The van der Waals surface area contributed by atoms with Crippen LogP contribution in [0.25, 0.3) is 0 Å². The summed E-state index contributed by atoms with van der Waals surface area (Å²) in [6.45, 7) is 2.78. The van der Waals surface area contributed by atoms with Gasteiger partial charge in [-0.1, -0.05) is 19.3 Å². The maximum atomic E-state index is 4.44. The molecule has 18 heavy (non-hydrogen) atoms. The molecule has 1 saturated carbocycles. The lowest BCUT2D eigenvalue weighted by Crippen LogP contribution is -2.43. The predicted octanol–water partition coefficient (Wildman–Crippen LogP) is 2.45. The van der Waals surface area contributed by atoms with Gasteiger partial charge in [0.15, 0.2) is 5.96 Å². The number of nitrogens with one attached hydrogen (secondary N) is 2. The van der Waals surface area contributed by atoms with Gasteiger partial charge in [0, 0.05) is 24.2 Å². The van der Waals surface area contributed by atoms with Gasteiger partial charge in [-0.3, -0.25) is 4.99 Å². The standard InChI is InChI=1S/C13H22N4S/c1-10-9-18-12(16-10)8-15-13(14-2)17-11-6-4-3-5-7-11/h9,11H,3-8H2,1-2H3,(H2,14,15,17). The van der Waals surface area contributed by atoms with Crippen molar-refractivity contribution in [2.45, 2.75) is 51.6 Å². The molecule has 1 heterocycles. The van der Waals surface area contributed by atoms with Crippen molar-refractivity contribution in [2.24, 2.45) is 4.99 Å². The van der Waals surface area contributed by atoms with Gasteiger partial charge in [-0.2, -0.15) is 0 Å². The van der Waals surface area contributed by atoms with Gasteiger partial charge in [0.05, 0.1) is 6.54 Å². The summed E-state index contributed by atoms with van der Waals surface area (Å²) in [4.78, 5) is 8.71. The molecule has 100 valence electrons. The molecular weight excluding hydrogens is 244 g/mol. The highest BCUT2D eigenvalue weighted by molar-refractivity contribution is 7.09. The molecule has 4 nitrogen and oxygen atoms in total. The Morgan fingerprint density at radius 1 is 1.44 bits per heavy atom. The molecule has 0 radical (unpaired) electrons. The van der Waals surface area contributed by atoms with Crippen LogP contribution in [-0.2, 0) is 6.54 Å². The second-order valence-corrected chi connectivity index (χ2v) is 5.73. The molecule has 0 unspecified atom stereocenters. The van der Waals surface area contributed by atoms with Gasteiger partial charge in [0.25, 0.3) is 0 Å². The summed E-state index contributed by atoms with van der Waals surface area (Å²) in [7, 11) is 1.82. The van der Waals surface area contributed by atoms with E-state index in [-0.39, 0.29) is 0 Å². The fourth-order valence-electron chi connectivity index (χ4n) is 2.28. The van der Waals surface area contributed by atoms with E-state index in [4.69, 9.17) is 0 Å². The second-order valence-electron chi connectivity index (χ2n) is 4.79. The molecule has 5 heteroatoms. The maximum absolute atomic E-state index is 4.44. The van der Waals surface area contributed by atoms with Gasteiger partial charge in [0.1, 0.15) is 5.01 Å². The summed E-state index contributed by atoms with van der Waals surface area (Å²) in [5.74, 6) is 0.898. The molecule has 0 aliphatic heterocycles. The number of aryl methyl sites for hydroxylation is 1. The third-order valence-corrected chi connectivity index (χ3v) is 4.21. The zero-order valence-electron chi connectivity index (χ0n) is 11.2. The van der Waals surface area contributed by atoms with Crippen molar-refractivity contribution < 1.29 is 0 Å². The van der Waals surface area contributed by atoms with E-state index in [1.54, 1.807) is 11.3 Å². The van der Waals surface area contributed by atoms with Crippen molar-refractivity contribution in [1.82, 2.24) is 15.6 Å². The van der Waals surface area contributed by atoms with E-state index in [0.717, 1.165) is 23.2 Å². The summed E-state index contributed by atoms with van der Waals surface area (Å²) in [5, 5.41) is 10.0. The highest BCUT2D eigenvalue weighted by atomic mass is 32.1. The summed E-state index contributed by atoms with van der Waals surface area (Å²) in [6.07, 6.45) is 6.57. The van der Waals surface area contributed by atoms with Crippen LogP contribution in [0.1, 0.15) is 42.8 Å². The smallest absolute Gasteiger partial charge is 0.191 e. The average Bonchev–Trinajstić information content (AvgIpc) is 2.81. The van der Waals surface area contributed by atoms with Crippen LogP contribution in [0, 0.1) is 6.92 Å². The Bertz CT molecular complexity index is 393. The first-order valence-electron chi connectivity index (χ1n) is 6.66. The third kappa shape index (κ3) is 3.98. The van der Waals surface area contributed by atoms with Gasteiger partial charge >= 0.3 is 0 Å². The molecule has 2 rings (SSSR count). The van der Waals surface area contributed by atoms with E-state index in [0.29, 0.717) is 6.04 Å². The molecule has 1 fully saturated rings. The number of hydrogen-bond donors (Lipinski definition) is 2. The van der Waals surface area contributed by atoms with Crippen molar-refractivity contribution in [3.05, 3.63) is 16.1 Å². The first-order chi connectivity index (χ1) is 8.78. The van der Waals surface area contributed by atoms with Gasteiger partial charge < -0.3 is 10.6 Å². The van der Waals surface area contributed by atoms with Crippen LogP contribution >= 0.6 is 11.3 Å². The Labute approximate surface area is 113 Å². The number of guanidine groups is 1. The van der Waals surface area contributed by atoms with E-state index in [2.05, 4.69) is 26.0 Å². The second kappa shape index (κ2) is 6.73. The summed E-state index contributed by atoms with van der Waals surface area (Å²) in [5.41, 5.74) is 1.09. The first kappa shape index (κ1) is 13.3. The number of thiazole rings is 1. The van der Waals surface area contributed by atoms with E-state index < -0.39 is 0 Å².